The standard InChI is InChI=1S/C21H16ClN3O3S/c22-15-7-5-13(6-8-15)10-24-11-14(16-3-1-2-4-17(16)24)9-18-20(27)25(12-19(23)26)21(28)29-18/h1-9,11H,10,12H2,(H2,23,26)/b18-9-. The Hall–Kier alpha value is -3.03. The predicted molar refractivity (Wildman–Crippen MR) is 114 cm³/mol. The van der Waals surface area contributed by atoms with E-state index in [2.05, 4.69) is 4.57 Å². The van der Waals surface area contributed by atoms with E-state index in [0.29, 0.717) is 11.6 Å². The maximum absolute atomic E-state index is 12.5. The number of thioether (sulfide) groups is 1. The van der Waals surface area contributed by atoms with Gasteiger partial charge in [0.1, 0.15) is 6.54 Å². The average molecular weight is 426 g/mol. The summed E-state index contributed by atoms with van der Waals surface area (Å²) in [5, 5.41) is 1.15. The molecule has 3 amide bonds. The number of hydrogen-bond donors (Lipinski definition) is 1. The number of aromatic nitrogens is 1. The number of hydrogen-bond acceptors (Lipinski definition) is 4. The fourth-order valence-electron chi connectivity index (χ4n) is 3.24. The van der Waals surface area contributed by atoms with Gasteiger partial charge in [0.05, 0.1) is 4.91 Å². The van der Waals surface area contributed by atoms with Gasteiger partial charge in [-0.05, 0) is 41.6 Å². The van der Waals surface area contributed by atoms with E-state index in [-0.39, 0.29) is 4.91 Å². The zero-order valence-corrected chi connectivity index (χ0v) is 16.7. The highest BCUT2D eigenvalue weighted by atomic mass is 35.5. The highest BCUT2D eigenvalue weighted by molar-refractivity contribution is 8.18. The van der Waals surface area contributed by atoms with Crippen LogP contribution < -0.4 is 5.73 Å². The van der Waals surface area contributed by atoms with Crippen molar-refractivity contribution >= 4 is 57.4 Å². The van der Waals surface area contributed by atoms with E-state index >= 15 is 0 Å². The van der Waals surface area contributed by atoms with E-state index in [1.807, 2.05) is 54.7 Å². The van der Waals surface area contributed by atoms with Crippen LogP contribution in [0.25, 0.3) is 17.0 Å². The molecule has 1 aromatic heterocycles. The molecule has 0 bridgehead atoms. The third-order valence-electron chi connectivity index (χ3n) is 4.56. The Bertz CT molecular complexity index is 1170. The molecule has 1 saturated heterocycles. The summed E-state index contributed by atoms with van der Waals surface area (Å²) >= 11 is 6.78. The first-order chi connectivity index (χ1) is 13.9. The van der Waals surface area contributed by atoms with E-state index in [0.717, 1.165) is 38.7 Å². The van der Waals surface area contributed by atoms with E-state index in [4.69, 9.17) is 17.3 Å². The highest BCUT2D eigenvalue weighted by Gasteiger charge is 2.36. The Kier molecular flexibility index (Phi) is 5.17. The van der Waals surface area contributed by atoms with Crippen molar-refractivity contribution in [1.82, 2.24) is 9.47 Å². The smallest absolute Gasteiger partial charge is 0.294 e. The number of benzene rings is 2. The second kappa shape index (κ2) is 7.77. The van der Waals surface area contributed by atoms with Crippen molar-refractivity contribution in [3.8, 4) is 0 Å². The van der Waals surface area contributed by atoms with Crippen molar-refractivity contribution in [3.05, 3.63) is 75.8 Å². The first-order valence-electron chi connectivity index (χ1n) is 8.78. The van der Waals surface area contributed by atoms with Gasteiger partial charge in [0.25, 0.3) is 11.1 Å². The lowest BCUT2D eigenvalue weighted by molar-refractivity contribution is -0.127. The van der Waals surface area contributed by atoms with Crippen LogP contribution in [-0.2, 0) is 16.1 Å². The minimum atomic E-state index is -0.729. The molecule has 146 valence electrons. The van der Waals surface area contributed by atoms with Crippen molar-refractivity contribution in [2.24, 2.45) is 5.73 Å². The van der Waals surface area contributed by atoms with Crippen LogP contribution in [0.3, 0.4) is 0 Å². The fourth-order valence-corrected chi connectivity index (χ4v) is 4.20. The van der Waals surface area contributed by atoms with E-state index in [9.17, 15) is 14.4 Å². The van der Waals surface area contributed by atoms with Crippen LogP contribution in [0.2, 0.25) is 5.02 Å². The number of nitrogens with two attached hydrogens (primary N) is 1. The van der Waals surface area contributed by atoms with Gasteiger partial charge in [-0.3, -0.25) is 19.3 Å². The van der Waals surface area contributed by atoms with E-state index in [1.54, 1.807) is 6.08 Å². The summed E-state index contributed by atoms with van der Waals surface area (Å²) in [4.78, 5) is 36.8. The number of carbonyl (C=O) groups excluding carboxylic acids is 3. The number of rotatable bonds is 5. The molecule has 3 aromatic rings. The van der Waals surface area contributed by atoms with Gasteiger partial charge in [-0.15, -0.1) is 0 Å². The predicted octanol–water partition coefficient (Wildman–Crippen LogP) is 3.86. The Morgan fingerprint density at radius 2 is 1.83 bits per heavy atom. The number of nitrogens with zero attached hydrogens (tertiary/aromatic N) is 2. The second-order valence-corrected chi connectivity index (χ2v) is 8.02. The number of fused-ring (bicyclic) bond motifs is 1. The molecule has 4 rings (SSSR count). The van der Waals surface area contributed by atoms with Crippen LogP contribution in [-0.4, -0.2) is 33.1 Å². The molecule has 1 aliphatic heterocycles. The van der Waals surface area contributed by atoms with Crippen molar-refractivity contribution in [1.29, 1.82) is 0 Å². The summed E-state index contributed by atoms with van der Waals surface area (Å²) in [5.74, 6) is -1.23. The third kappa shape index (κ3) is 3.92. The Morgan fingerprint density at radius 3 is 2.55 bits per heavy atom. The molecule has 2 aromatic carbocycles. The largest absolute Gasteiger partial charge is 0.368 e. The number of primary amides is 1. The van der Waals surface area contributed by atoms with Crippen LogP contribution in [0, 0.1) is 0 Å². The van der Waals surface area contributed by atoms with Gasteiger partial charge in [0.15, 0.2) is 0 Å². The van der Waals surface area contributed by atoms with Gasteiger partial charge in [-0.1, -0.05) is 41.9 Å². The normalized spacial score (nSPS) is 15.6. The fraction of sp³-hybridized carbons (Fsp3) is 0.0952. The maximum Gasteiger partial charge on any atom is 0.294 e. The molecule has 0 saturated carbocycles. The third-order valence-corrected chi connectivity index (χ3v) is 5.72. The summed E-state index contributed by atoms with van der Waals surface area (Å²) in [6.07, 6.45) is 3.63. The lowest BCUT2D eigenvalue weighted by Crippen LogP contribution is -2.36. The monoisotopic (exact) mass is 425 g/mol. The number of imide groups is 1. The van der Waals surface area contributed by atoms with Crippen molar-refractivity contribution in [2.45, 2.75) is 6.54 Å². The molecule has 0 radical (unpaired) electrons. The topological polar surface area (TPSA) is 85.4 Å². The lowest BCUT2D eigenvalue weighted by atomic mass is 10.1. The molecule has 29 heavy (non-hydrogen) atoms. The Morgan fingerprint density at radius 1 is 1.10 bits per heavy atom. The molecule has 6 nitrogen and oxygen atoms in total. The minimum Gasteiger partial charge on any atom is -0.368 e. The molecular formula is C21H16ClN3O3S. The Labute approximate surface area is 175 Å². The molecule has 1 fully saturated rings. The van der Waals surface area contributed by atoms with Crippen molar-refractivity contribution < 1.29 is 14.4 Å². The quantitative estimate of drug-likeness (QED) is 0.629. The molecule has 2 N–H and O–H groups in total. The first-order valence-corrected chi connectivity index (χ1v) is 9.98. The summed E-state index contributed by atoms with van der Waals surface area (Å²) in [7, 11) is 0. The van der Waals surface area contributed by atoms with E-state index < -0.39 is 23.6 Å². The van der Waals surface area contributed by atoms with Gasteiger partial charge in [0.2, 0.25) is 5.91 Å². The SMILES string of the molecule is NC(=O)CN1C(=O)S/C(=C\c2cn(Cc3ccc(Cl)cc3)c3ccccc23)C1=O. The molecule has 0 unspecified atom stereocenters. The molecular weight excluding hydrogens is 410 g/mol. The van der Waals surface area contributed by atoms with Crippen LogP contribution in [0.5, 0.6) is 0 Å². The first kappa shape index (κ1) is 19.3. The molecule has 2 heterocycles. The molecule has 8 heteroatoms. The summed E-state index contributed by atoms with van der Waals surface area (Å²) in [6, 6.07) is 15.5. The zero-order chi connectivity index (χ0) is 20.5. The van der Waals surface area contributed by atoms with E-state index in [1.165, 1.54) is 0 Å². The number of amides is 3. The number of carbonyl (C=O) groups is 3. The van der Waals surface area contributed by atoms with Crippen LogP contribution in [0.15, 0.2) is 59.6 Å². The highest BCUT2D eigenvalue weighted by Crippen LogP contribution is 2.34. The molecule has 0 aliphatic carbocycles. The average Bonchev–Trinajstić information content (AvgIpc) is 3.16. The van der Waals surface area contributed by atoms with Crippen molar-refractivity contribution in [2.75, 3.05) is 6.54 Å². The van der Waals surface area contributed by atoms with Crippen LogP contribution >= 0.6 is 23.4 Å². The van der Waals surface area contributed by atoms with Crippen LogP contribution in [0.1, 0.15) is 11.1 Å². The molecule has 0 spiro atoms. The summed E-state index contributed by atoms with van der Waals surface area (Å²) in [6.45, 7) is 0.217. The van der Waals surface area contributed by atoms with Gasteiger partial charge in [-0.2, -0.15) is 0 Å². The van der Waals surface area contributed by atoms with Gasteiger partial charge < -0.3 is 10.3 Å². The Balaban J connectivity index is 1.70. The van der Waals surface area contributed by atoms with Gasteiger partial charge in [-0.25, -0.2) is 0 Å². The minimum absolute atomic E-state index is 0.269. The number of para-hydroxylation sites is 1. The molecule has 1 aliphatic rings. The zero-order valence-electron chi connectivity index (χ0n) is 15.2. The van der Waals surface area contributed by atoms with Gasteiger partial charge in [0, 0.05) is 34.2 Å². The summed E-state index contributed by atoms with van der Waals surface area (Å²) < 4.78 is 2.08. The second-order valence-electron chi connectivity index (χ2n) is 6.59. The van der Waals surface area contributed by atoms with Crippen molar-refractivity contribution in [3.63, 3.8) is 0 Å². The summed E-state index contributed by atoms with van der Waals surface area (Å²) in [5.41, 5.74) is 8.04. The lowest BCUT2D eigenvalue weighted by Gasteiger charge is -2.08. The maximum atomic E-state index is 12.5. The van der Waals surface area contributed by atoms with Gasteiger partial charge >= 0.3 is 0 Å². The number of halogens is 1. The molecule has 0 atom stereocenters. The van der Waals surface area contributed by atoms with Crippen LogP contribution in [0.4, 0.5) is 4.79 Å².